The van der Waals surface area contributed by atoms with Gasteiger partial charge < -0.3 is 14.8 Å². The second kappa shape index (κ2) is 9.59. The van der Waals surface area contributed by atoms with Gasteiger partial charge in [0.2, 0.25) is 0 Å². The second-order valence-corrected chi connectivity index (χ2v) is 8.15. The van der Waals surface area contributed by atoms with Crippen molar-refractivity contribution in [2.45, 2.75) is 27.7 Å². The first kappa shape index (κ1) is 21.6. The molecule has 0 atom stereocenters. The normalized spacial score (nSPS) is 10.5. The van der Waals surface area contributed by atoms with Crippen LogP contribution in [0.2, 0.25) is 0 Å². The fourth-order valence-corrected chi connectivity index (χ4v) is 4.23. The summed E-state index contributed by atoms with van der Waals surface area (Å²) in [5, 5.41) is 3.31. The lowest BCUT2D eigenvalue weighted by Gasteiger charge is -2.11. The van der Waals surface area contributed by atoms with Crippen molar-refractivity contribution in [3.05, 3.63) is 70.1 Å². The Bertz CT molecular complexity index is 1060. The molecule has 3 aromatic rings. The van der Waals surface area contributed by atoms with Gasteiger partial charge in [-0.15, -0.1) is 11.3 Å². The molecule has 6 heteroatoms. The van der Waals surface area contributed by atoms with Gasteiger partial charge in [-0.3, -0.25) is 4.79 Å². The van der Waals surface area contributed by atoms with Gasteiger partial charge in [0.25, 0.3) is 5.91 Å². The second-order valence-electron chi connectivity index (χ2n) is 6.93. The van der Waals surface area contributed by atoms with E-state index in [2.05, 4.69) is 5.32 Å². The Morgan fingerprint density at radius 1 is 1.03 bits per heavy atom. The molecule has 2 aromatic carbocycles. The van der Waals surface area contributed by atoms with Crippen LogP contribution in [0.4, 0.5) is 5.00 Å². The predicted octanol–water partition coefficient (Wildman–Crippen LogP) is 5.53. The Morgan fingerprint density at radius 2 is 1.77 bits per heavy atom. The quantitative estimate of drug-likeness (QED) is 0.507. The van der Waals surface area contributed by atoms with Crippen LogP contribution in [0, 0.1) is 20.8 Å². The van der Waals surface area contributed by atoms with Crippen molar-refractivity contribution in [3.63, 3.8) is 0 Å². The van der Waals surface area contributed by atoms with Crippen molar-refractivity contribution in [1.82, 2.24) is 0 Å². The summed E-state index contributed by atoms with van der Waals surface area (Å²) in [7, 11) is 0. The lowest BCUT2D eigenvalue weighted by atomic mass is 10.0. The zero-order valence-electron chi connectivity index (χ0n) is 17.6. The number of nitrogens with one attached hydrogen (secondary N) is 1. The first-order valence-electron chi connectivity index (χ1n) is 9.76. The number of aryl methyl sites for hydroxylation is 3. The van der Waals surface area contributed by atoms with Gasteiger partial charge in [-0.1, -0.05) is 42.5 Å². The van der Waals surface area contributed by atoms with Crippen molar-refractivity contribution in [3.8, 4) is 16.9 Å². The number of esters is 1. The van der Waals surface area contributed by atoms with Gasteiger partial charge in [-0.05, 0) is 50.5 Å². The number of carbonyl (C=O) groups is 2. The van der Waals surface area contributed by atoms with Crippen molar-refractivity contribution in [1.29, 1.82) is 0 Å². The average molecular weight is 424 g/mol. The fourth-order valence-electron chi connectivity index (χ4n) is 3.15. The number of hydrogen-bond donors (Lipinski definition) is 1. The minimum atomic E-state index is -0.452. The number of rotatable bonds is 7. The van der Waals surface area contributed by atoms with Gasteiger partial charge in [-0.2, -0.15) is 0 Å². The van der Waals surface area contributed by atoms with E-state index in [9.17, 15) is 9.59 Å². The molecule has 0 bridgehead atoms. The predicted molar refractivity (Wildman–Crippen MR) is 120 cm³/mol. The number of carbonyl (C=O) groups excluding carboxylic acids is 2. The smallest absolute Gasteiger partial charge is 0.341 e. The van der Waals surface area contributed by atoms with Crippen LogP contribution in [0.1, 0.15) is 33.3 Å². The van der Waals surface area contributed by atoms with Crippen LogP contribution >= 0.6 is 11.3 Å². The number of ether oxygens (including phenoxy) is 2. The molecule has 0 spiro atoms. The first-order valence-corrected chi connectivity index (χ1v) is 10.6. The third-order valence-electron chi connectivity index (χ3n) is 4.58. The first-order chi connectivity index (χ1) is 14.4. The van der Waals surface area contributed by atoms with Gasteiger partial charge in [0.05, 0.1) is 6.61 Å². The summed E-state index contributed by atoms with van der Waals surface area (Å²) in [4.78, 5) is 26.2. The minimum absolute atomic E-state index is 0.149. The molecule has 1 amide bonds. The van der Waals surface area contributed by atoms with Crippen molar-refractivity contribution >= 4 is 28.2 Å². The van der Waals surface area contributed by atoms with Crippen molar-refractivity contribution in [2.24, 2.45) is 0 Å². The summed E-state index contributed by atoms with van der Waals surface area (Å²) < 4.78 is 11.0. The topological polar surface area (TPSA) is 64.6 Å². The van der Waals surface area contributed by atoms with Crippen LogP contribution in [0.25, 0.3) is 11.1 Å². The van der Waals surface area contributed by atoms with E-state index in [1.807, 2.05) is 69.3 Å². The zero-order valence-corrected chi connectivity index (χ0v) is 18.4. The van der Waals surface area contributed by atoms with Crippen LogP contribution in [-0.4, -0.2) is 25.1 Å². The average Bonchev–Trinajstić information content (AvgIpc) is 3.05. The Morgan fingerprint density at radius 3 is 2.47 bits per heavy atom. The van der Waals surface area contributed by atoms with E-state index in [1.165, 1.54) is 11.3 Å². The molecular weight excluding hydrogens is 398 g/mol. The monoisotopic (exact) mass is 423 g/mol. The summed E-state index contributed by atoms with van der Waals surface area (Å²) >= 11 is 1.36. The van der Waals surface area contributed by atoms with Crippen LogP contribution in [0.5, 0.6) is 5.75 Å². The lowest BCUT2D eigenvalue weighted by Crippen LogP contribution is -2.21. The molecule has 0 aliphatic heterocycles. The molecule has 1 aromatic heterocycles. The molecule has 1 heterocycles. The van der Waals surface area contributed by atoms with Crippen LogP contribution < -0.4 is 10.1 Å². The van der Waals surface area contributed by atoms with E-state index in [-0.39, 0.29) is 19.1 Å². The number of benzene rings is 2. The molecule has 1 N–H and O–H groups in total. The molecule has 0 saturated heterocycles. The number of hydrogen-bond acceptors (Lipinski definition) is 5. The van der Waals surface area contributed by atoms with Gasteiger partial charge in [-0.25, -0.2) is 4.79 Å². The molecule has 156 valence electrons. The highest BCUT2D eigenvalue weighted by Crippen LogP contribution is 2.40. The minimum Gasteiger partial charge on any atom is -0.483 e. The SMILES string of the molecule is CCOC(=O)c1c(NC(=O)COc2cc(C)ccc2C)sc(C)c1-c1ccccc1. The Labute approximate surface area is 180 Å². The maximum absolute atomic E-state index is 12.7. The van der Waals surface area contributed by atoms with Gasteiger partial charge in [0, 0.05) is 10.4 Å². The highest BCUT2D eigenvalue weighted by atomic mass is 32.1. The Hall–Kier alpha value is -3.12. The summed E-state index contributed by atoms with van der Waals surface area (Å²) in [6.07, 6.45) is 0. The molecule has 0 aliphatic carbocycles. The molecule has 0 aliphatic rings. The Kier molecular flexibility index (Phi) is 6.90. The molecule has 0 radical (unpaired) electrons. The number of anilines is 1. The number of amides is 1. The summed E-state index contributed by atoms with van der Waals surface area (Å²) in [5.74, 6) is -0.114. The van der Waals surface area contributed by atoms with Gasteiger partial charge in [0.1, 0.15) is 16.3 Å². The maximum Gasteiger partial charge on any atom is 0.341 e. The van der Waals surface area contributed by atoms with Crippen molar-refractivity contribution in [2.75, 3.05) is 18.5 Å². The standard InChI is InChI=1S/C24H25NO4S/c1-5-28-24(27)22-21(18-9-7-6-8-10-18)17(4)30-23(22)25-20(26)14-29-19-13-15(2)11-12-16(19)3/h6-13H,5,14H2,1-4H3,(H,25,26). The van der Waals surface area contributed by atoms with Crippen LogP contribution in [0.15, 0.2) is 48.5 Å². The van der Waals surface area contributed by atoms with Gasteiger partial charge in [0.15, 0.2) is 6.61 Å². The highest BCUT2D eigenvalue weighted by molar-refractivity contribution is 7.17. The third-order valence-corrected chi connectivity index (χ3v) is 5.60. The fraction of sp³-hybridized carbons (Fsp3) is 0.250. The van der Waals surface area contributed by atoms with E-state index < -0.39 is 5.97 Å². The van der Waals surface area contributed by atoms with Crippen LogP contribution in [-0.2, 0) is 9.53 Å². The largest absolute Gasteiger partial charge is 0.483 e. The lowest BCUT2D eigenvalue weighted by molar-refractivity contribution is -0.118. The maximum atomic E-state index is 12.7. The molecule has 0 unspecified atom stereocenters. The summed E-state index contributed by atoms with van der Waals surface area (Å²) in [6.45, 7) is 7.70. The molecular formula is C24H25NO4S. The van der Waals surface area contributed by atoms with Crippen molar-refractivity contribution < 1.29 is 19.1 Å². The molecule has 0 fully saturated rings. The molecule has 0 saturated carbocycles. The highest BCUT2D eigenvalue weighted by Gasteiger charge is 2.25. The van der Waals surface area contributed by atoms with E-state index in [0.717, 1.165) is 27.1 Å². The molecule has 5 nitrogen and oxygen atoms in total. The van der Waals surface area contributed by atoms with E-state index in [0.29, 0.717) is 16.3 Å². The van der Waals surface area contributed by atoms with Gasteiger partial charge >= 0.3 is 5.97 Å². The van der Waals surface area contributed by atoms with E-state index >= 15 is 0 Å². The number of thiophene rings is 1. The van der Waals surface area contributed by atoms with Crippen LogP contribution in [0.3, 0.4) is 0 Å². The third kappa shape index (κ3) is 4.89. The summed E-state index contributed by atoms with van der Waals surface area (Å²) in [6, 6.07) is 15.5. The van der Waals surface area contributed by atoms with E-state index in [1.54, 1.807) is 6.92 Å². The Balaban J connectivity index is 1.85. The molecule has 30 heavy (non-hydrogen) atoms. The zero-order chi connectivity index (χ0) is 21.7. The summed E-state index contributed by atoms with van der Waals surface area (Å²) in [5.41, 5.74) is 4.08. The van der Waals surface area contributed by atoms with E-state index in [4.69, 9.17) is 9.47 Å². The molecule has 3 rings (SSSR count).